The number of carbonyl (C=O) groups excluding carboxylic acids is 1. The van der Waals surface area contributed by atoms with Crippen LogP contribution in [0.15, 0.2) is 47.4 Å². The van der Waals surface area contributed by atoms with Gasteiger partial charge in [-0.15, -0.1) is 0 Å². The minimum absolute atomic E-state index is 0.0970. The number of carbonyl (C=O) groups is 1. The van der Waals surface area contributed by atoms with E-state index in [9.17, 15) is 17.6 Å². The maximum absolute atomic E-state index is 13.8. The molecule has 1 aliphatic rings. The van der Waals surface area contributed by atoms with E-state index in [1.54, 1.807) is 17.0 Å². The van der Waals surface area contributed by atoms with Crippen LogP contribution in [0.3, 0.4) is 0 Å². The van der Waals surface area contributed by atoms with Crippen molar-refractivity contribution in [1.29, 1.82) is 0 Å². The number of rotatable bonds is 5. The van der Waals surface area contributed by atoms with Crippen molar-refractivity contribution in [2.45, 2.75) is 23.8 Å². The molecule has 4 rings (SSSR count). The summed E-state index contributed by atoms with van der Waals surface area (Å²) in [4.78, 5) is 18.9. The molecule has 0 saturated carbocycles. The van der Waals surface area contributed by atoms with Crippen molar-refractivity contribution in [2.24, 2.45) is 0 Å². The third-order valence-electron chi connectivity index (χ3n) is 5.23. The van der Waals surface area contributed by atoms with Crippen LogP contribution in [-0.2, 0) is 10.0 Å². The van der Waals surface area contributed by atoms with Crippen LogP contribution in [0.25, 0.3) is 10.2 Å². The van der Waals surface area contributed by atoms with Crippen molar-refractivity contribution in [3.05, 3.63) is 53.8 Å². The molecule has 7 nitrogen and oxygen atoms in total. The van der Waals surface area contributed by atoms with Crippen molar-refractivity contribution in [1.82, 2.24) is 14.2 Å². The zero-order chi connectivity index (χ0) is 22.2. The summed E-state index contributed by atoms with van der Waals surface area (Å²) in [6, 6.07) is 10.8. The molecular formula is C21H22FN3O4S2. The molecule has 1 amide bonds. The van der Waals surface area contributed by atoms with Gasteiger partial charge in [0.15, 0.2) is 0 Å². The van der Waals surface area contributed by atoms with Gasteiger partial charge in [0.1, 0.15) is 17.4 Å². The fourth-order valence-electron chi connectivity index (χ4n) is 3.43. The highest BCUT2D eigenvalue weighted by Gasteiger charge is 2.26. The van der Waals surface area contributed by atoms with E-state index in [1.807, 2.05) is 0 Å². The molecule has 1 saturated heterocycles. The Labute approximate surface area is 184 Å². The van der Waals surface area contributed by atoms with Crippen molar-refractivity contribution >= 4 is 37.5 Å². The average Bonchev–Trinajstić information content (AvgIpc) is 3.17. The third-order valence-corrected chi connectivity index (χ3v) is 7.97. The zero-order valence-corrected chi connectivity index (χ0v) is 18.7. The maximum Gasteiger partial charge on any atom is 0.274 e. The van der Waals surface area contributed by atoms with E-state index in [2.05, 4.69) is 4.98 Å². The van der Waals surface area contributed by atoms with E-state index in [0.717, 1.165) is 9.01 Å². The summed E-state index contributed by atoms with van der Waals surface area (Å²) in [7, 11) is -0.603. The monoisotopic (exact) mass is 463 g/mol. The number of benzene rings is 2. The van der Waals surface area contributed by atoms with E-state index >= 15 is 0 Å². The Morgan fingerprint density at radius 3 is 2.45 bits per heavy atom. The normalized spacial score (nSPS) is 15.5. The first-order chi connectivity index (χ1) is 14.8. The smallest absolute Gasteiger partial charge is 0.274 e. The molecule has 0 aliphatic carbocycles. The summed E-state index contributed by atoms with van der Waals surface area (Å²) in [5, 5.41) is 0.433. The number of piperidine rings is 1. The molecule has 31 heavy (non-hydrogen) atoms. The number of thiazole rings is 1. The first-order valence-corrected chi connectivity index (χ1v) is 12.0. The number of ether oxygens (including phenoxy) is 1. The highest BCUT2D eigenvalue weighted by molar-refractivity contribution is 7.89. The highest BCUT2D eigenvalue weighted by Crippen LogP contribution is 2.31. The molecule has 2 aromatic carbocycles. The topological polar surface area (TPSA) is 79.8 Å². The van der Waals surface area contributed by atoms with Gasteiger partial charge in [-0.1, -0.05) is 17.4 Å². The molecule has 164 valence electrons. The molecule has 2 heterocycles. The number of halogens is 1. The molecule has 0 unspecified atom stereocenters. The lowest BCUT2D eigenvalue weighted by Gasteiger charge is -2.31. The molecule has 0 radical (unpaired) electrons. The molecule has 3 aromatic rings. The molecule has 0 N–H and O–H groups in total. The van der Waals surface area contributed by atoms with Gasteiger partial charge in [-0.25, -0.2) is 17.1 Å². The van der Waals surface area contributed by atoms with Gasteiger partial charge in [-0.05, 0) is 36.4 Å². The van der Waals surface area contributed by atoms with Gasteiger partial charge in [0.05, 0.1) is 9.60 Å². The lowest BCUT2D eigenvalue weighted by atomic mass is 10.1. The summed E-state index contributed by atoms with van der Waals surface area (Å²) in [5.74, 6) is -0.511. The second-order valence-electron chi connectivity index (χ2n) is 7.49. The Balaban J connectivity index is 1.37. The highest BCUT2D eigenvalue weighted by atomic mass is 32.2. The Bertz CT molecular complexity index is 1200. The van der Waals surface area contributed by atoms with Gasteiger partial charge in [0.2, 0.25) is 10.0 Å². The lowest BCUT2D eigenvalue weighted by Crippen LogP contribution is -2.41. The predicted molar refractivity (Wildman–Crippen MR) is 116 cm³/mol. The summed E-state index contributed by atoms with van der Waals surface area (Å²) in [6.45, 7) is 1.03. The number of sulfonamides is 1. The van der Waals surface area contributed by atoms with Gasteiger partial charge in [-0.3, -0.25) is 4.79 Å². The molecule has 1 aromatic heterocycles. The fourth-order valence-corrected chi connectivity index (χ4v) is 5.22. The van der Waals surface area contributed by atoms with Crippen LogP contribution in [0.5, 0.6) is 5.19 Å². The number of nitrogens with zero attached hydrogens (tertiary/aromatic N) is 3. The maximum atomic E-state index is 13.8. The fraction of sp³-hybridized carbons (Fsp3) is 0.333. The van der Waals surface area contributed by atoms with Gasteiger partial charge < -0.3 is 9.64 Å². The number of aromatic nitrogens is 1. The van der Waals surface area contributed by atoms with E-state index in [0.29, 0.717) is 42.2 Å². The molecule has 0 atom stereocenters. The average molecular weight is 464 g/mol. The molecule has 0 bridgehead atoms. The standard InChI is InChI=1S/C21H22FN3O4S2/c1-24(2)31(27,28)16-8-6-14(7-9-16)20(26)25-12-10-15(11-13-25)29-21-23-19-17(22)4-3-5-18(19)30-21/h3-9,15H,10-13H2,1-2H3. The van der Waals surface area contributed by atoms with Crippen LogP contribution in [-0.4, -0.2) is 61.8 Å². The molecule has 0 spiro atoms. The largest absolute Gasteiger partial charge is 0.467 e. The van der Waals surface area contributed by atoms with Crippen LogP contribution in [0, 0.1) is 5.82 Å². The van der Waals surface area contributed by atoms with Gasteiger partial charge in [-0.2, -0.15) is 4.98 Å². The molecule has 1 aliphatic heterocycles. The molecule has 10 heteroatoms. The van der Waals surface area contributed by atoms with Crippen molar-refractivity contribution < 1.29 is 22.3 Å². The predicted octanol–water partition coefficient (Wildman–Crippen LogP) is 3.37. The SMILES string of the molecule is CN(C)S(=O)(=O)c1ccc(C(=O)N2CCC(Oc3nc4c(F)cccc4s3)CC2)cc1. The number of fused-ring (bicyclic) bond motifs is 1. The Kier molecular flexibility index (Phi) is 5.96. The summed E-state index contributed by atoms with van der Waals surface area (Å²) in [5.41, 5.74) is 0.758. The minimum Gasteiger partial charge on any atom is -0.467 e. The number of likely N-dealkylation sites (tertiary alicyclic amines) is 1. The molecular weight excluding hydrogens is 441 g/mol. The summed E-state index contributed by atoms with van der Waals surface area (Å²) >= 11 is 1.31. The van der Waals surface area contributed by atoms with Gasteiger partial charge in [0.25, 0.3) is 11.1 Å². The van der Waals surface area contributed by atoms with Gasteiger partial charge >= 0.3 is 0 Å². The third kappa shape index (κ3) is 4.41. The van der Waals surface area contributed by atoms with Crippen LogP contribution >= 0.6 is 11.3 Å². The van der Waals surface area contributed by atoms with Crippen LogP contribution in [0.2, 0.25) is 0 Å². The van der Waals surface area contributed by atoms with Crippen molar-refractivity contribution in [2.75, 3.05) is 27.2 Å². The van der Waals surface area contributed by atoms with Gasteiger partial charge in [0, 0.05) is 45.6 Å². The van der Waals surface area contributed by atoms with Crippen LogP contribution in [0.4, 0.5) is 4.39 Å². The van der Waals surface area contributed by atoms with Crippen LogP contribution < -0.4 is 4.74 Å². The lowest BCUT2D eigenvalue weighted by molar-refractivity contribution is 0.0595. The Hall–Kier alpha value is -2.56. The van der Waals surface area contributed by atoms with Crippen molar-refractivity contribution in [3.63, 3.8) is 0 Å². The number of hydrogen-bond donors (Lipinski definition) is 0. The number of amides is 1. The first-order valence-electron chi connectivity index (χ1n) is 9.79. The summed E-state index contributed by atoms with van der Waals surface area (Å²) in [6.07, 6.45) is 1.18. The summed E-state index contributed by atoms with van der Waals surface area (Å²) < 4.78 is 46.0. The first kappa shape index (κ1) is 21.7. The molecule has 1 fully saturated rings. The van der Waals surface area contributed by atoms with E-state index < -0.39 is 10.0 Å². The second-order valence-corrected chi connectivity index (χ2v) is 10.6. The van der Waals surface area contributed by atoms with E-state index in [-0.39, 0.29) is 22.7 Å². The quantitative estimate of drug-likeness (QED) is 0.580. The second kappa shape index (κ2) is 8.52. The van der Waals surface area contributed by atoms with Crippen molar-refractivity contribution in [3.8, 4) is 5.19 Å². The van der Waals surface area contributed by atoms with E-state index in [1.165, 1.54) is 55.8 Å². The van der Waals surface area contributed by atoms with E-state index in [4.69, 9.17) is 4.74 Å². The Morgan fingerprint density at radius 1 is 1.16 bits per heavy atom. The number of hydrogen-bond acceptors (Lipinski definition) is 6. The van der Waals surface area contributed by atoms with Crippen LogP contribution in [0.1, 0.15) is 23.2 Å². The number of para-hydroxylation sites is 1. The minimum atomic E-state index is -3.53. The zero-order valence-electron chi connectivity index (χ0n) is 17.1. The Morgan fingerprint density at radius 2 is 1.84 bits per heavy atom.